The Morgan fingerprint density at radius 1 is 0.967 bits per heavy atom. The Kier molecular flexibility index (Phi) is 5.48. The first-order valence-electron chi connectivity index (χ1n) is 9.05. The van der Waals surface area contributed by atoms with E-state index in [1.807, 2.05) is 30.3 Å². The van der Waals surface area contributed by atoms with Gasteiger partial charge in [-0.1, -0.05) is 65.7 Å². The lowest BCUT2D eigenvalue weighted by Gasteiger charge is -2.10. The number of hydrogen-bond acceptors (Lipinski definition) is 4. The quantitative estimate of drug-likeness (QED) is 0.374. The molecule has 5 nitrogen and oxygen atoms in total. The molecule has 4 aromatic rings. The van der Waals surface area contributed by atoms with Gasteiger partial charge >= 0.3 is 6.01 Å². The molecule has 7 heteroatoms. The Labute approximate surface area is 182 Å². The molecule has 2 N–H and O–H groups in total. The van der Waals surface area contributed by atoms with E-state index in [0.29, 0.717) is 32.6 Å². The van der Waals surface area contributed by atoms with E-state index in [4.69, 9.17) is 27.6 Å². The zero-order valence-corrected chi connectivity index (χ0v) is 17.3. The third kappa shape index (κ3) is 3.90. The van der Waals surface area contributed by atoms with E-state index in [-0.39, 0.29) is 17.7 Å². The first-order valence-corrected chi connectivity index (χ1v) is 9.81. The van der Waals surface area contributed by atoms with Gasteiger partial charge in [-0.05, 0) is 35.4 Å². The van der Waals surface area contributed by atoms with E-state index < -0.39 is 0 Å². The van der Waals surface area contributed by atoms with Crippen LogP contribution in [0.15, 0.2) is 71.1 Å². The maximum absolute atomic E-state index is 11.6. The van der Waals surface area contributed by atoms with Crippen LogP contribution < -0.4 is 5.32 Å². The van der Waals surface area contributed by atoms with Crippen molar-refractivity contribution in [3.8, 4) is 39.5 Å². The van der Waals surface area contributed by atoms with E-state index in [1.165, 1.54) is 6.92 Å². The molecule has 1 amide bonds. The number of phenols is 1. The fourth-order valence-corrected chi connectivity index (χ4v) is 3.78. The molecule has 0 fully saturated rings. The molecule has 1 heterocycles. The first kappa shape index (κ1) is 20.0. The normalized spacial score (nSPS) is 10.8. The van der Waals surface area contributed by atoms with Crippen molar-refractivity contribution in [1.82, 2.24) is 4.98 Å². The molecule has 0 atom stereocenters. The summed E-state index contributed by atoms with van der Waals surface area (Å²) >= 11 is 12.9. The van der Waals surface area contributed by atoms with E-state index in [9.17, 15) is 9.90 Å². The molecule has 0 radical (unpaired) electrons. The lowest BCUT2D eigenvalue weighted by atomic mass is 9.96. The van der Waals surface area contributed by atoms with Crippen molar-refractivity contribution in [2.75, 3.05) is 5.32 Å². The molecule has 30 heavy (non-hydrogen) atoms. The van der Waals surface area contributed by atoms with Crippen molar-refractivity contribution in [3.05, 3.63) is 76.8 Å². The van der Waals surface area contributed by atoms with E-state index in [0.717, 1.165) is 11.1 Å². The largest absolute Gasteiger partial charge is 0.508 e. The standard InChI is InChI=1S/C23H16Cl2N2O3/c1-13(28)26-23-27-21(20-18(24)10-5-11-19(20)25)22(30-23)17-9-3-2-8-16(17)14-6-4-7-15(29)12-14/h2-12,29H,1H3,(H,26,27,28). The summed E-state index contributed by atoms with van der Waals surface area (Å²) in [6.07, 6.45) is 0. The van der Waals surface area contributed by atoms with Crippen LogP contribution in [-0.4, -0.2) is 16.0 Å². The topological polar surface area (TPSA) is 75.4 Å². The number of carbonyl (C=O) groups excluding carboxylic acids is 1. The second kappa shape index (κ2) is 8.22. The van der Waals surface area contributed by atoms with Gasteiger partial charge in [0.15, 0.2) is 5.76 Å². The van der Waals surface area contributed by atoms with E-state index in [1.54, 1.807) is 36.4 Å². The molecule has 0 saturated heterocycles. The summed E-state index contributed by atoms with van der Waals surface area (Å²) < 4.78 is 5.95. The average Bonchev–Trinajstić information content (AvgIpc) is 3.10. The maximum Gasteiger partial charge on any atom is 0.302 e. The molecule has 0 saturated carbocycles. The molecule has 150 valence electrons. The van der Waals surface area contributed by atoms with Crippen LogP contribution in [0.2, 0.25) is 10.0 Å². The fraction of sp³-hybridized carbons (Fsp3) is 0.0435. The third-order valence-electron chi connectivity index (χ3n) is 4.44. The van der Waals surface area contributed by atoms with Crippen LogP contribution in [0, 0.1) is 0 Å². The molecule has 0 aliphatic carbocycles. The minimum Gasteiger partial charge on any atom is -0.508 e. The number of anilines is 1. The summed E-state index contributed by atoms with van der Waals surface area (Å²) in [4.78, 5) is 16.0. The number of aromatic hydroxyl groups is 1. The Bertz CT molecular complexity index is 1230. The monoisotopic (exact) mass is 438 g/mol. The lowest BCUT2D eigenvalue weighted by Crippen LogP contribution is -2.05. The van der Waals surface area contributed by atoms with Gasteiger partial charge in [-0.25, -0.2) is 0 Å². The van der Waals surface area contributed by atoms with Crippen LogP contribution in [-0.2, 0) is 4.79 Å². The molecule has 0 unspecified atom stereocenters. The number of oxazole rings is 1. The number of rotatable bonds is 4. The molecule has 0 aliphatic heterocycles. The second-order valence-corrected chi connectivity index (χ2v) is 7.38. The van der Waals surface area contributed by atoms with Crippen LogP contribution in [0.25, 0.3) is 33.7 Å². The van der Waals surface area contributed by atoms with Gasteiger partial charge < -0.3 is 9.52 Å². The van der Waals surface area contributed by atoms with Gasteiger partial charge in [-0.3, -0.25) is 10.1 Å². The zero-order chi connectivity index (χ0) is 21.3. The summed E-state index contributed by atoms with van der Waals surface area (Å²) in [6, 6.07) is 19.6. The van der Waals surface area contributed by atoms with Gasteiger partial charge in [-0.15, -0.1) is 0 Å². The molecule has 0 spiro atoms. The number of amides is 1. The lowest BCUT2D eigenvalue weighted by molar-refractivity contribution is -0.114. The molecular weight excluding hydrogens is 423 g/mol. The zero-order valence-electron chi connectivity index (χ0n) is 15.8. The Balaban J connectivity index is 1.98. The van der Waals surface area contributed by atoms with Crippen molar-refractivity contribution in [2.45, 2.75) is 6.92 Å². The van der Waals surface area contributed by atoms with Crippen molar-refractivity contribution < 1.29 is 14.3 Å². The summed E-state index contributed by atoms with van der Waals surface area (Å²) in [6.45, 7) is 1.37. The molecule has 0 aliphatic rings. The molecule has 4 rings (SSSR count). The van der Waals surface area contributed by atoms with Gasteiger partial charge in [-0.2, -0.15) is 4.98 Å². The summed E-state index contributed by atoms with van der Waals surface area (Å²) in [5.41, 5.74) is 3.21. The fourth-order valence-electron chi connectivity index (χ4n) is 3.21. The summed E-state index contributed by atoms with van der Waals surface area (Å²) in [5, 5.41) is 13.3. The minimum absolute atomic E-state index is 0.0363. The minimum atomic E-state index is -0.319. The highest BCUT2D eigenvalue weighted by molar-refractivity contribution is 6.39. The van der Waals surface area contributed by atoms with Crippen molar-refractivity contribution in [2.24, 2.45) is 0 Å². The first-order chi connectivity index (χ1) is 14.4. The number of hydrogen-bond donors (Lipinski definition) is 2. The number of nitrogens with zero attached hydrogens (tertiary/aromatic N) is 1. The Morgan fingerprint density at radius 2 is 1.63 bits per heavy atom. The number of aromatic nitrogens is 1. The van der Waals surface area contributed by atoms with Gasteiger partial charge in [0, 0.05) is 18.1 Å². The Morgan fingerprint density at radius 3 is 2.30 bits per heavy atom. The predicted molar refractivity (Wildman–Crippen MR) is 119 cm³/mol. The summed E-state index contributed by atoms with van der Waals surface area (Å²) in [5.74, 6) is 0.224. The maximum atomic E-state index is 11.6. The van der Waals surface area contributed by atoms with Gasteiger partial charge in [0.25, 0.3) is 0 Å². The predicted octanol–water partition coefficient (Wildman–Crippen LogP) is 6.65. The average molecular weight is 439 g/mol. The van der Waals surface area contributed by atoms with Crippen LogP contribution >= 0.6 is 23.2 Å². The number of halogens is 2. The highest BCUT2D eigenvalue weighted by atomic mass is 35.5. The Hall–Kier alpha value is -3.28. The summed E-state index contributed by atoms with van der Waals surface area (Å²) in [7, 11) is 0. The van der Waals surface area contributed by atoms with Crippen LogP contribution in [0.5, 0.6) is 5.75 Å². The van der Waals surface area contributed by atoms with Crippen LogP contribution in [0.3, 0.4) is 0 Å². The molecular formula is C23H16Cl2N2O3. The highest BCUT2D eigenvalue weighted by Crippen LogP contribution is 2.44. The van der Waals surface area contributed by atoms with Crippen LogP contribution in [0.4, 0.5) is 6.01 Å². The van der Waals surface area contributed by atoms with E-state index >= 15 is 0 Å². The molecule has 1 aromatic heterocycles. The molecule has 0 bridgehead atoms. The second-order valence-electron chi connectivity index (χ2n) is 6.57. The van der Waals surface area contributed by atoms with E-state index in [2.05, 4.69) is 10.3 Å². The number of nitrogens with one attached hydrogen (secondary N) is 1. The van der Waals surface area contributed by atoms with Gasteiger partial charge in [0.1, 0.15) is 11.4 Å². The van der Waals surface area contributed by atoms with Crippen molar-refractivity contribution in [1.29, 1.82) is 0 Å². The van der Waals surface area contributed by atoms with Gasteiger partial charge in [0.05, 0.1) is 10.0 Å². The van der Waals surface area contributed by atoms with Gasteiger partial charge in [0.2, 0.25) is 5.91 Å². The number of carbonyl (C=O) groups is 1. The van der Waals surface area contributed by atoms with Crippen molar-refractivity contribution >= 4 is 35.1 Å². The number of benzene rings is 3. The third-order valence-corrected chi connectivity index (χ3v) is 5.07. The van der Waals surface area contributed by atoms with Crippen molar-refractivity contribution in [3.63, 3.8) is 0 Å². The molecule has 3 aromatic carbocycles. The highest BCUT2D eigenvalue weighted by Gasteiger charge is 2.23. The van der Waals surface area contributed by atoms with Crippen LogP contribution in [0.1, 0.15) is 6.92 Å². The number of phenolic OH excluding ortho intramolecular Hbond substituents is 1. The smallest absolute Gasteiger partial charge is 0.302 e. The SMILES string of the molecule is CC(=O)Nc1nc(-c2c(Cl)cccc2Cl)c(-c2ccccc2-c2cccc(O)c2)o1.